The smallest absolute Gasteiger partial charge is 0.197 e. The minimum absolute atomic E-state index is 0.631. The third-order valence-electron chi connectivity index (χ3n) is 2.20. The highest BCUT2D eigenvalue weighted by Gasteiger charge is 2.12. The molecule has 0 amide bonds. The third kappa shape index (κ3) is 2.01. The van der Waals surface area contributed by atoms with Crippen LogP contribution < -0.4 is 5.32 Å². The maximum absolute atomic E-state index is 4.49. The summed E-state index contributed by atoms with van der Waals surface area (Å²) in [6, 6.07) is 0. The van der Waals surface area contributed by atoms with Crippen LogP contribution in [0, 0.1) is 3.57 Å². The van der Waals surface area contributed by atoms with Crippen LogP contribution in [0.4, 0.5) is 5.82 Å². The fourth-order valence-corrected chi connectivity index (χ4v) is 2.28. The summed E-state index contributed by atoms with van der Waals surface area (Å²) in [6.07, 6.45) is 4.34. The van der Waals surface area contributed by atoms with Crippen molar-refractivity contribution in [3.63, 3.8) is 0 Å². The second-order valence-electron chi connectivity index (χ2n) is 3.20. The fourth-order valence-electron chi connectivity index (χ4n) is 1.39. The molecule has 6 heteroatoms. The minimum Gasteiger partial charge on any atom is -0.372 e. The van der Waals surface area contributed by atoms with Crippen LogP contribution in [0.15, 0.2) is 12.4 Å². The first-order valence-electron chi connectivity index (χ1n) is 5.00. The summed E-state index contributed by atoms with van der Waals surface area (Å²) in [7, 11) is 1.86. The van der Waals surface area contributed by atoms with E-state index in [2.05, 4.69) is 54.8 Å². The lowest BCUT2D eigenvalue weighted by atomic mass is 10.3. The van der Waals surface area contributed by atoms with Crippen molar-refractivity contribution >= 4 is 28.4 Å². The maximum Gasteiger partial charge on any atom is 0.197 e. The quantitative estimate of drug-likeness (QED) is 0.846. The molecule has 0 bridgehead atoms. The highest BCUT2D eigenvalue weighted by atomic mass is 127. The molecule has 2 aromatic heterocycles. The zero-order chi connectivity index (χ0) is 11.5. The first-order valence-corrected chi connectivity index (χ1v) is 6.08. The molecule has 84 valence electrons. The summed E-state index contributed by atoms with van der Waals surface area (Å²) < 4.78 is 1.07. The molecule has 0 aliphatic rings. The van der Waals surface area contributed by atoms with Crippen molar-refractivity contribution in [1.29, 1.82) is 0 Å². The Morgan fingerprint density at radius 2 is 2.25 bits per heavy atom. The van der Waals surface area contributed by atoms with Gasteiger partial charge in [0.2, 0.25) is 0 Å². The van der Waals surface area contributed by atoms with Gasteiger partial charge in [0.1, 0.15) is 5.82 Å². The minimum atomic E-state index is 0.631. The first-order chi connectivity index (χ1) is 7.76. The van der Waals surface area contributed by atoms with Crippen molar-refractivity contribution in [3.8, 4) is 11.6 Å². The molecule has 0 aromatic carbocycles. The van der Waals surface area contributed by atoms with Crippen molar-refractivity contribution in [2.24, 2.45) is 0 Å². The van der Waals surface area contributed by atoms with Crippen LogP contribution in [0.5, 0.6) is 0 Å². The molecule has 5 nitrogen and oxygen atoms in total. The number of imidazole rings is 1. The Kier molecular flexibility index (Phi) is 3.37. The largest absolute Gasteiger partial charge is 0.372 e. The maximum atomic E-state index is 4.49. The van der Waals surface area contributed by atoms with Crippen LogP contribution in [0.2, 0.25) is 0 Å². The van der Waals surface area contributed by atoms with Crippen LogP contribution in [0.25, 0.3) is 11.6 Å². The lowest BCUT2D eigenvalue weighted by Crippen LogP contribution is -2.05. The normalized spacial score (nSPS) is 10.4. The third-order valence-corrected chi connectivity index (χ3v) is 3.34. The van der Waals surface area contributed by atoms with Gasteiger partial charge in [0, 0.05) is 19.4 Å². The number of halogens is 1. The molecule has 0 saturated carbocycles. The number of hydrogen-bond donors (Lipinski definition) is 2. The van der Waals surface area contributed by atoms with Gasteiger partial charge in [-0.3, -0.25) is 0 Å². The Morgan fingerprint density at radius 3 is 2.81 bits per heavy atom. The molecule has 0 aliphatic carbocycles. The Labute approximate surface area is 107 Å². The van der Waals surface area contributed by atoms with Gasteiger partial charge < -0.3 is 10.3 Å². The van der Waals surface area contributed by atoms with Gasteiger partial charge in [0.15, 0.2) is 11.6 Å². The zero-order valence-corrected chi connectivity index (χ0v) is 11.2. The average molecular weight is 329 g/mol. The molecule has 0 radical (unpaired) electrons. The molecular weight excluding hydrogens is 317 g/mol. The van der Waals surface area contributed by atoms with Crippen molar-refractivity contribution in [1.82, 2.24) is 19.9 Å². The number of H-pyrrole nitrogens is 1. The van der Waals surface area contributed by atoms with Crippen LogP contribution in [0.3, 0.4) is 0 Å². The van der Waals surface area contributed by atoms with Crippen LogP contribution >= 0.6 is 22.6 Å². The fraction of sp³-hybridized carbons (Fsp3) is 0.300. The number of nitrogens with zero attached hydrogens (tertiary/aromatic N) is 3. The molecule has 0 saturated heterocycles. The van der Waals surface area contributed by atoms with Crippen molar-refractivity contribution in [2.75, 3.05) is 12.4 Å². The Balaban J connectivity index is 2.56. The molecule has 2 N–H and O–H groups in total. The molecule has 0 atom stereocenters. The van der Waals surface area contributed by atoms with Crippen molar-refractivity contribution < 1.29 is 0 Å². The van der Waals surface area contributed by atoms with Gasteiger partial charge in [-0.2, -0.15) is 0 Å². The molecular formula is C10H12IN5. The molecule has 2 rings (SSSR count). The van der Waals surface area contributed by atoms with E-state index >= 15 is 0 Å². The van der Waals surface area contributed by atoms with E-state index in [9.17, 15) is 0 Å². The highest BCUT2D eigenvalue weighted by molar-refractivity contribution is 14.1. The standard InChI is InChI=1S/C10H12IN5/c1-3-6-7(11)8(12-2)16-10(15-6)9-13-4-5-14-9/h4-5H,3H2,1-2H3,(H,13,14)(H,12,15,16). The summed E-state index contributed by atoms with van der Waals surface area (Å²) in [5, 5.41) is 3.07. The Hall–Kier alpha value is -1.18. The highest BCUT2D eigenvalue weighted by Crippen LogP contribution is 2.22. The van der Waals surface area contributed by atoms with E-state index in [1.165, 1.54) is 0 Å². The second-order valence-corrected chi connectivity index (χ2v) is 4.28. The number of aromatic amines is 1. The zero-order valence-electron chi connectivity index (χ0n) is 9.08. The molecule has 0 spiro atoms. The molecule has 0 unspecified atom stereocenters. The molecule has 2 aromatic rings. The van der Waals surface area contributed by atoms with E-state index < -0.39 is 0 Å². The summed E-state index contributed by atoms with van der Waals surface area (Å²) in [6.45, 7) is 2.08. The van der Waals surface area contributed by atoms with Crippen molar-refractivity contribution in [3.05, 3.63) is 21.7 Å². The number of nitrogens with one attached hydrogen (secondary N) is 2. The summed E-state index contributed by atoms with van der Waals surface area (Å²) in [5.74, 6) is 2.17. The number of anilines is 1. The second kappa shape index (κ2) is 4.77. The van der Waals surface area contributed by atoms with Crippen molar-refractivity contribution in [2.45, 2.75) is 13.3 Å². The van der Waals surface area contributed by atoms with Gasteiger partial charge in [-0.15, -0.1) is 0 Å². The van der Waals surface area contributed by atoms with Crippen LogP contribution in [-0.4, -0.2) is 27.0 Å². The van der Waals surface area contributed by atoms with Gasteiger partial charge in [-0.1, -0.05) is 6.92 Å². The SMILES string of the molecule is CCc1nc(-c2ncc[nH]2)nc(NC)c1I. The van der Waals surface area contributed by atoms with E-state index in [4.69, 9.17) is 0 Å². The predicted octanol–water partition coefficient (Wildman–Crippen LogP) is 2.08. The van der Waals surface area contributed by atoms with Gasteiger partial charge in [0.05, 0.1) is 9.26 Å². The van der Waals surface area contributed by atoms with Crippen LogP contribution in [-0.2, 0) is 6.42 Å². The summed E-state index contributed by atoms with van der Waals surface area (Å²) in [5.41, 5.74) is 1.03. The average Bonchev–Trinajstić information content (AvgIpc) is 2.83. The van der Waals surface area contributed by atoms with Gasteiger partial charge in [-0.05, 0) is 29.0 Å². The lowest BCUT2D eigenvalue weighted by Gasteiger charge is -2.08. The molecule has 2 heterocycles. The predicted molar refractivity (Wildman–Crippen MR) is 71.3 cm³/mol. The molecule has 0 fully saturated rings. The number of rotatable bonds is 3. The number of aromatic nitrogens is 4. The topological polar surface area (TPSA) is 66.5 Å². The van der Waals surface area contributed by atoms with E-state index in [0.717, 1.165) is 21.5 Å². The van der Waals surface area contributed by atoms with Crippen LogP contribution in [0.1, 0.15) is 12.6 Å². The Bertz CT molecular complexity index is 455. The van der Waals surface area contributed by atoms with E-state index in [1.807, 2.05) is 7.05 Å². The number of aryl methyl sites for hydroxylation is 1. The molecule has 16 heavy (non-hydrogen) atoms. The first kappa shape index (κ1) is 11.3. The molecule has 0 aliphatic heterocycles. The van der Waals surface area contributed by atoms with Gasteiger partial charge in [-0.25, -0.2) is 15.0 Å². The lowest BCUT2D eigenvalue weighted by molar-refractivity contribution is 0.978. The van der Waals surface area contributed by atoms with E-state index in [0.29, 0.717) is 11.6 Å². The van der Waals surface area contributed by atoms with E-state index in [1.54, 1.807) is 12.4 Å². The Morgan fingerprint density at radius 1 is 1.44 bits per heavy atom. The summed E-state index contributed by atoms with van der Waals surface area (Å²) in [4.78, 5) is 16.1. The van der Waals surface area contributed by atoms with Gasteiger partial charge in [0.25, 0.3) is 0 Å². The van der Waals surface area contributed by atoms with E-state index in [-0.39, 0.29) is 0 Å². The summed E-state index contributed by atoms with van der Waals surface area (Å²) >= 11 is 2.26. The number of hydrogen-bond acceptors (Lipinski definition) is 4. The monoisotopic (exact) mass is 329 g/mol. The van der Waals surface area contributed by atoms with Gasteiger partial charge >= 0.3 is 0 Å².